The summed E-state index contributed by atoms with van der Waals surface area (Å²) in [6, 6.07) is 1.99. The van der Waals surface area contributed by atoms with Crippen molar-refractivity contribution in [3.63, 3.8) is 0 Å². The lowest BCUT2D eigenvalue weighted by molar-refractivity contribution is -0.139. The second-order valence-corrected chi connectivity index (χ2v) is 6.10. The van der Waals surface area contributed by atoms with Gasteiger partial charge in [0.25, 0.3) is 0 Å². The van der Waals surface area contributed by atoms with Crippen LogP contribution in [0, 0.1) is 5.82 Å². The molecule has 0 amide bonds. The van der Waals surface area contributed by atoms with Gasteiger partial charge in [-0.1, -0.05) is 11.3 Å². The van der Waals surface area contributed by atoms with E-state index in [2.05, 4.69) is 10.3 Å². The van der Waals surface area contributed by atoms with Crippen molar-refractivity contribution < 1.29 is 17.6 Å². The Morgan fingerprint density at radius 2 is 2.14 bits per heavy atom. The van der Waals surface area contributed by atoms with Crippen LogP contribution in [0.15, 0.2) is 12.1 Å². The van der Waals surface area contributed by atoms with E-state index in [0.717, 1.165) is 31.8 Å². The molecule has 0 spiro atoms. The number of anilines is 1. The normalized spacial score (nSPS) is 20.2. The molecule has 2 aromatic rings. The van der Waals surface area contributed by atoms with Crippen molar-refractivity contribution in [2.45, 2.75) is 19.1 Å². The molecule has 2 heterocycles. The van der Waals surface area contributed by atoms with E-state index in [9.17, 15) is 17.6 Å². The van der Waals surface area contributed by atoms with Crippen LogP contribution in [0.1, 0.15) is 12.5 Å². The first-order chi connectivity index (χ1) is 9.84. The van der Waals surface area contributed by atoms with Crippen molar-refractivity contribution in [3.8, 4) is 0 Å². The standard InChI is InChI=1S/C13H13F4N3S/c1-7-6-20(3-2-18-7)12-19-10-5-9(14)8(13(15,16)17)4-11(10)21-12/h4-5,7,18H,2-3,6H2,1H3/t7-/m1/s1. The number of rotatable bonds is 1. The first kappa shape index (κ1) is 14.5. The Labute approximate surface area is 122 Å². The second kappa shape index (κ2) is 5.10. The predicted octanol–water partition coefficient (Wildman–Crippen LogP) is 3.25. The molecule has 8 heteroatoms. The highest BCUT2D eigenvalue weighted by Gasteiger charge is 2.35. The van der Waals surface area contributed by atoms with Crippen molar-refractivity contribution in [1.29, 1.82) is 0 Å². The lowest BCUT2D eigenvalue weighted by Crippen LogP contribution is -2.49. The maximum absolute atomic E-state index is 13.6. The van der Waals surface area contributed by atoms with Crippen LogP contribution in [0.2, 0.25) is 0 Å². The SMILES string of the molecule is C[C@@H]1CN(c2nc3cc(F)c(C(F)(F)F)cc3s2)CCN1. The minimum absolute atomic E-state index is 0.270. The number of nitrogens with one attached hydrogen (secondary N) is 1. The molecule has 0 bridgehead atoms. The van der Waals surface area contributed by atoms with Gasteiger partial charge >= 0.3 is 6.18 Å². The largest absolute Gasteiger partial charge is 0.419 e. The van der Waals surface area contributed by atoms with Gasteiger partial charge in [-0.25, -0.2) is 9.37 Å². The topological polar surface area (TPSA) is 28.2 Å². The Morgan fingerprint density at radius 3 is 2.81 bits per heavy atom. The highest BCUT2D eigenvalue weighted by molar-refractivity contribution is 7.22. The summed E-state index contributed by atoms with van der Waals surface area (Å²) in [4.78, 5) is 6.28. The highest BCUT2D eigenvalue weighted by Crippen LogP contribution is 2.37. The minimum atomic E-state index is -4.69. The van der Waals surface area contributed by atoms with Gasteiger partial charge in [0.1, 0.15) is 5.82 Å². The third-order valence-electron chi connectivity index (χ3n) is 3.41. The third-order valence-corrected chi connectivity index (χ3v) is 4.49. The van der Waals surface area contributed by atoms with Crippen LogP contribution in [0.5, 0.6) is 0 Å². The molecular weight excluding hydrogens is 306 g/mol. The molecule has 21 heavy (non-hydrogen) atoms. The Balaban J connectivity index is 2.00. The van der Waals surface area contributed by atoms with Crippen molar-refractivity contribution >= 4 is 26.7 Å². The molecule has 1 saturated heterocycles. The first-order valence-corrected chi connectivity index (χ1v) is 7.32. The number of benzene rings is 1. The van der Waals surface area contributed by atoms with E-state index >= 15 is 0 Å². The maximum atomic E-state index is 13.6. The average molecular weight is 319 g/mol. The lowest BCUT2D eigenvalue weighted by Gasteiger charge is -2.31. The molecule has 1 aromatic heterocycles. The number of nitrogens with zero attached hydrogens (tertiary/aromatic N) is 2. The summed E-state index contributed by atoms with van der Waals surface area (Å²) >= 11 is 1.17. The average Bonchev–Trinajstić information content (AvgIpc) is 2.79. The van der Waals surface area contributed by atoms with Gasteiger partial charge in [-0.15, -0.1) is 0 Å². The van der Waals surface area contributed by atoms with Crippen LogP contribution in [0.25, 0.3) is 10.2 Å². The summed E-state index contributed by atoms with van der Waals surface area (Å²) in [5, 5.41) is 3.92. The molecule has 1 fully saturated rings. The monoisotopic (exact) mass is 319 g/mol. The molecule has 1 aliphatic heterocycles. The van der Waals surface area contributed by atoms with Crippen LogP contribution in [0.3, 0.4) is 0 Å². The van der Waals surface area contributed by atoms with Gasteiger partial charge in [0.2, 0.25) is 0 Å². The van der Waals surface area contributed by atoms with Gasteiger partial charge in [-0.05, 0) is 13.0 Å². The van der Waals surface area contributed by atoms with Gasteiger partial charge in [0.05, 0.1) is 15.8 Å². The van der Waals surface area contributed by atoms with Gasteiger partial charge in [-0.2, -0.15) is 13.2 Å². The first-order valence-electron chi connectivity index (χ1n) is 6.50. The van der Waals surface area contributed by atoms with Gasteiger partial charge < -0.3 is 10.2 Å². The molecule has 3 nitrogen and oxygen atoms in total. The van der Waals surface area contributed by atoms with Crippen LogP contribution < -0.4 is 10.2 Å². The fourth-order valence-corrected chi connectivity index (χ4v) is 3.42. The zero-order chi connectivity index (χ0) is 15.2. The van der Waals surface area contributed by atoms with E-state index in [1.54, 1.807) is 0 Å². The van der Waals surface area contributed by atoms with Crippen molar-refractivity contribution in [3.05, 3.63) is 23.5 Å². The molecule has 1 aromatic carbocycles. The number of alkyl halides is 3. The van der Waals surface area contributed by atoms with Gasteiger partial charge in [0, 0.05) is 31.7 Å². The van der Waals surface area contributed by atoms with Crippen LogP contribution in [0.4, 0.5) is 22.7 Å². The molecule has 1 N–H and O–H groups in total. The quantitative estimate of drug-likeness (QED) is 0.818. The van der Waals surface area contributed by atoms with Crippen LogP contribution >= 0.6 is 11.3 Å². The number of aromatic nitrogens is 1. The number of hydrogen-bond donors (Lipinski definition) is 1. The minimum Gasteiger partial charge on any atom is -0.345 e. The predicted molar refractivity (Wildman–Crippen MR) is 74.3 cm³/mol. The Bertz CT molecular complexity index is 667. The number of fused-ring (bicyclic) bond motifs is 1. The van der Waals surface area contributed by atoms with Crippen LogP contribution in [-0.2, 0) is 6.18 Å². The van der Waals surface area contributed by atoms with Crippen LogP contribution in [-0.4, -0.2) is 30.7 Å². The summed E-state index contributed by atoms with van der Waals surface area (Å²) in [6.45, 7) is 4.29. The van der Waals surface area contributed by atoms with Gasteiger partial charge in [0.15, 0.2) is 5.13 Å². The van der Waals surface area contributed by atoms with E-state index in [-0.39, 0.29) is 11.6 Å². The van der Waals surface area contributed by atoms with Gasteiger partial charge in [-0.3, -0.25) is 0 Å². The molecule has 1 atom stereocenters. The summed E-state index contributed by atoms with van der Waals surface area (Å²) < 4.78 is 52.0. The molecular formula is C13H13F4N3S. The number of thiazole rings is 1. The van der Waals surface area contributed by atoms with E-state index in [1.165, 1.54) is 11.3 Å². The summed E-state index contributed by atoms with van der Waals surface area (Å²) in [7, 11) is 0. The zero-order valence-corrected chi connectivity index (χ0v) is 12.0. The Kier molecular flexibility index (Phi) is 3.53. The van der Waals surface area contributed by atoms with Crippen molar-refractivity contribution in [2.24, 2.45) is 0 Å². The fraction of sp³-hybridized carbons (Fsp3) is 0.462. The molecule has 0 saturated carbocycles. The van der Waals surface area contributed by atoms with E-state index in [4.69, 9.17) is 0 Å². The molecule has 3 rings (SSSR count). The summed E-state index contributed by atoms with van der Waals surface area (Å²) in [5.74, 6) is -1.28. The lowest BCUT2D eigenvalue weighted by atomic mass is 10.2. The van der Waals surface area contributed by atoms with E-state index in [0.29, 0.717) is 9.83 Å². The third kappa shape index (κ3) is 2.82. The summed E-state index contributed by atoms with van der Waals surface area (Å²) in [5.41, 5.74) is -0.967. The van der Waals surface area contributed by atoms with E-state index < -0.39 is 17.6 Å². The molecule has 0 aliphatic carbocycles. The highest BCUT2D eigenvalue weighted by atomic mass is 32.1. The maximum Gasteiger partial charge on any atom is 0.419 e. The smallest absolute Gasteiger partial charge is 0.345 e. The molecule has 114 valence electrons. The molecule has 0 radical (unpaired) electrons. The van der Waals surface area contributed by atoms with Crippen molar-refractivity contribution in [2.75, 3.05) is 24.5 Å². The number of hydrogen-bond acceptors (Lipinski definition) is 4. The number of halogens is 4. The Hall–Kier alpha value is -1.41. The molecule has 0 unspecified atom stereocenters. The second-order valence-electron chi connectivity index (χ2n) is 5.10. The molecule has 1 aliphatic rings. The zero-order valence-electron chi connectivity index (χ0n) is 11.2. The summed E-state index contributed by atoms with van der Waals surface area (Å²) in [6.07, 6.45) is -4.69. The van der Waals surface area contributed by atoms with Crippen molar-refractivity contribution in [1.82, 2.24) is 10.3 Å². The number of piperazine rings is 1. The fourth-order valence-electron chi connectivity index (χ4n) is 2.39. The van der Waals surface area contributed by atoms with E-state index in [1.807, 2.05) is 11.8 Å². The Morgan fingerprint density at radius 1 is 1.38 bits per heavy atom.